The summed E-state index contributed by atoms with van der Waals surface area (Å²) in [6.07, 6.45) is 1.75. The summed E-state index contributed by atoms with van der Waals surface area (Å²) in [6, 6.07) is 8.48. The van der Waals surface area contributed by atoms with Gasteiger partial charge in [0, 0.05) is 44.2 Å². The number of hydrogen-bond acceptors (Lipinski definition) is 7. The maximum Gasteiger partial charge on any atom is 0.289 e. The standard InChI is InChI=1S/C24H28FN5O3/c1-28(2)24(32)21-10-13-9-19(31)15(12-20(13)33-21)16-6-8-22(27-26-16)30(4)18-11-14-5-7-17(23(18)25)29(14)3/h6,8-10,12,14,17-18,23,31H,5,7,11H2,1-4H3/t14?,17?,18-,23+/m1/s1. The van der Waals surface area contributed by atoms with E-state index >= 15 is 4.39 Å². The predicted octanol–water partition coefficient (Wildman–Crippen LogP) is 3.31. The van der Waals surface area contributed by atoms with Crippen molar-refractivity contribution in [2.45, 2.75) is 43.6 Å². The number of fused-ring (bicyclic) bond motifs is 3. The lowest BCUT2D eigenvalue weighted by atomic mass is 9.95. The van der Waals surface area contributed by atoms with Crippen LogP contribution in [0.2, 0.25) is 0 Å². The minimum Gasteiger partial charge on any atom is -0.507 e. The SMILES string of the molecule is CN(C)C(=O)c1cc2cc(O)c(-c3ccc(N(C)[C@@H]4CC5CCC([C@@H]4F)N5C)nn3)cc2o1. The minimum atomic E-state index is -0.940. The van der Waals surface area contributed by atoms with Gasteiger partial charge in [0.15, 0.2) is 11.6 Å². The molecule has 2 aliphatic rings. The maximum atomic E-state index is 15.2. The van der Waals surface area contributed by atoms with Crippen molar-refractivity contribution in [3.05, 3.63) is 36.1 Å². The van der Waals surface area contributed by atoms with Crippen molar-refractivity contribution in [3.63, 3.8) is 0 Å². The molecule has 33 heavy (non-hydrogen) atoms. The molecule has 8 nitrogen and oxygen atoms in total. The molecule has 0 radical (unpaired) electrons. The van der Waals surface area contributed by atoms with Gasteiger partial charge in [0.2, 0.25) is 0 Å². The average molecular weight is 454 g/mol. The Bertz CT molecular complexity index is 1190. The summed E-state index contributed by atoms with van der Waals surface area (Å²) in [4.78, 5) is 17.7. The number of alkyl halides is 1. The quantitative estimate of drug-likeness (QED) is 0.649. The van der Waals surface area contributed by atoms with E-state index in [1.165, 1.54) is 4.90 Å². The van der Waals surface area contributed by atoms with Crippen LogP contribution >= 0.6 is 0 Å². The fourth-order valence-corrected chi connectivity index (χ4v) is 5.18. The molecule has 3 aromatic rings. The Hall–Kier alpha value is -3.20. The number of phenols is 1. The van der Waals surface area contributed by atoms with Crippen LogP contribution in [0.15, 0.2) is 34.7 Å². The van der Waals surface area contributed by atoms with Gasteiger partial charge in [-0.25, -0.2) is 4.39 Å². The number of benzene rings is 1. The molecular weight excluding hydrogens is 425 g/mol. The second-order valence-electron chi connectivity index (χ2n) is 9.32. The summed E-state index contributed by atoms with van der Waals surface area (Å²) in [5, 5.41) is 19.8. The third-order valence-electron chi connectivity index (χ3n) is 7.18. The minimum absolute atomic E-state index is 0.0123. The van der Waals surface area contributed by atoms with Gasteiger partial charge < -0.3 is 19.3 Å². The number of phenolic OH excluding ortho intramolecular Hbond substituents is 1. The lowest BCUT2D eigenvalue weighted by Crippen LogP contribution is -2.56. The summed E-state index contributed by atoms with van der Waals surface area (Å²) >= 11 is 0. The maximum absolute atomic E-state index is 15.2. The monoisotopic (exact) mass is 453 g/mol. The molecule has 0 spiro atoms. The van der Waals surface area contributed by atoms with E-state index in [4.69, 9.17) is 4.42 Å². The zero-order valence-electron chi connectivity index (χ0n) is 19.2. The summed E-state index contributed by atoms with van der Waals surface area (Å²) in [5.74, 6) is 0.543. The van der Waals surface area contributed by atoms with Gasteiger partial charge in [-0.15, -0.1) is 10.2 Å². The van der Waals surface area contributed by atoms with Crippen LogP contribution in [-0.4, -0.2) is 83.5 Å². The first-order chi connectivity index (χ1) is 15.7. The lowest BCUT2D eigenvalue weighted by Gasteiger charge is -2.43. The highest BCUT2D eigenvalue weighted by Crippen LogP contribution is 2.39. The Morgan fingerprint density at radius 1 is 1.18 bits per heavy atom. The third-order valence-corrected chi connectivity index (χ3v) is 7.18. The van der Waals surface area contributed by atoms with E-state index in [-0.39, 0.29) is 29.5 Å². The van der Waals surface area contributed by atoms with E-state index in [0.29, 0.717) is 34.1 Å². The highest BCUT2D eigenvalue weighted by atomic mass is 19.1. The van der Waals surface area contributed by atoms with E-state index in [0.717, 1.165) is 19.3 Å². The number of rotatable bonds is 4. The number of aromatic nitrogens is 2. The molecule has 1 aromatic carbocycles. The number of piperidine rings is 1. The topological polar surface area (TPSA) is 85.9 Å². The highest BCUT2D eigenvalue weighted by molar-refractivity contribution is 5.97. The summed E-state index contributed by atoms with van der Waals surface area (Å²) < 4.78 is 20.9. The molecule has 2 saturated heterocycles. The molecule has 1 amide bonds. The van der Waals surface area contributed by atoms with E-state index in [1.54, 1.807) is 44.4 Å². The molecular formula is C24H28FN5O3. The lowest BCUT2D eigenvalue weighted by molar-refractivity contribution is 0.0701. The number of amides is 1. The Balaban J connectivity index is 1.40. The zero-order chi connectivity index (χ0) is 23.4. The molecule has 5 rings (SSSR count). The average Bonchev–Trinajstić information content (AvgIpc) is 3.32. The summed E-state index contributed by atoms with van der Waals surface area (Å²) in [6.45, 7) is 0. The van der Waals surface area contributed by atoms with E-state index < -0.39 is 6.17 Å². The second-order valence-corrected chi connectivity index (χ2v) is 9.32. The Morgan fingerprint density at radius 2 is 1.97 bits per heavy atom. The van der Waals surface area contributed by atoms with E-state index in [2.05, 4.69) is 15.1 Å². The third kappa shape index (κ3) is 3.60. The van der Waals surface area contributed by atoms with Crippen LogP contribution < -0.4 is 4.90 Å². The Kier molecular flexibility index (Phi) is 5.23. The van der Waals surface area contributed by atoms with Gasteiger partial charge >= 0.3 is 0 Å². The van der Waals surface area contributed by atoms with Crippen molar-refractivity contribution in [1.82, 2.24) is 20.0 Å². The number of furan rings is 1. The van der Waals surface area contributed by atoms with Gasteiger partial charge in [-0.3, -0.25) is 9.69 Å². The second kappa shape index (κ2) is 7.98. The van der Waals surface area contributed by atoms with Crippen LogP contribution in [0.3, 0.4) is 0 Å². The van der Waals surface area contributed by atoms with E-state index in [1.807, 2.05) is 19.0 Å². The van der Waals surface area contributed by atoms with Crippen molar-refractivity contribution in [2.24, 2.45) is 0 Å². The number of anilines is 1. The first-order valence-electron chi connectivity index (χ1n) is 11.2. The van der Waals surface area contributed by atoms with Gasteiger partial charge in [0.05, 0.1) is 11.7 Å². The molecule has 2 aliphatic heterocycles. The molecule has 4 atom stereocenters. The van der Waals surface area contributed by atoms with Crippen LogP contribution in [0.1, 0.15) is 29.8 Å². The first-order valence-corrected chi connectivity index (χ1v) is 11.2. The smallest absolute Gasteiger partial charge is 0.289 e. The Labute approximate surface area is 191 Å². The predicted molar refractivity (Wildman–Crippen MR) is 123 cm³/mol. The largest absolute Gasteiger partial charge is 0.507 e. The number of carbonyl (C=O) groups excluding carboxylic acids is 1. The fourth-order valence-electron chi connectivity index (χ4n) is 5.18. The van der Waals surface area contributed by atoms with Gasteiger partial charge in [0.1, 0.15) is 17.5 Å². The molecule has 1 N–H and O–H groups in total. The zero-order valence-corrected chi connectivity index (χ0v) is 19.2. The molecule has 2 fully saturated rings. The van der Waals surface area contributed by atoms with Gasteiger partial charge in [-0.05, 0) is 56.6 Å². The van der Waals surface area contributed by atoms with Crippen molar-refractivity contribution in [3.8, 4) is 17.0 Å². The molecule has 2 unspecified atom stereocenters. The van der Waals surface area contributed by atoms with E-state index in [9.17, 15) is 9.90 Å². The molecule has 174 valence electrons. The van der Waals surface area contributed by atoms with Crippen LogP contribution in [0.25, 0.3) is 22.2 Å². The number of aromatic hydroxyl groups is 1. The van der Waals surface area contributed by atoms with Crippen molar-refractivity contribution >= 4 is 22.7 Å². The van der Waals surface area contributed by atoms with Crippen LogP contribution in [0, 0.1) is 0 Å². The molecule has 9 heteroatoms. The Morgan fingerprint density at radius 3 is 2.67 bits per heavy atom. The van der Waals surface area contributed by atoms with Crippen molar-refractivity contribution in [2.75, 3.05) is 33.1 Å². The number of hydrogen-bond donors (Lipinski definition) is 1. The summed E-state index contributed by atoms with van der Waals surface area (Å²) in [5.41, 5.74) is 1.38. The normalized spacial score (nSPS) is 24.9. The van der Waals surface area contributed by atoms with Crippen LogP contribution in [0.5, 0.6) is 5.75 Å². The fraction of sp³-hybridized carbons (Fsp3) is 0.458. The first kappa shape index (κ1) is 21.6. The molecule has 2 bridgehead atoms. The molecule has 4 heterocycles. The van der Waals surface area contributed by atoms with Gasteiger partial charge in [0.25, 0.3) is 5.91 Å². The molecule has 0 saturated carbocycles. The van der Waals surface area contributed by atoms with Gasteiger partial charge in [-0.1, -0.05) is 0 Å². The molecule has 2 aromatic heterocycles. The van der Waals surface area contributed by atoms with Crippen LogP contribution in [0.4, 0.5) is 10.2 Å². The number of carbonyl (C=O) groups is 1. The van der Waals surface area contributed by atoms with Crippen LogP contribution in [-0.2, 0) is 0 Å². The number of nitrogens with zero attached hydrogens (tertiary/aromatic N) is 5. The van der Waals surface area contributed by atoms with Crippen molar-refractivity contribution in [1.29, 1.82) is 0 Å². The van der Waals surface area contributed by atoms with Crippen molar-refractivity contribution < 1.29 is 18.7 Å². The van der Waals surface area contributed by atoms with Gasteiger partial charge in [-0.2, -0.15) is 0 Å². The molecule has 0 aliphatic carbocycles. The number of halogens is 1. The summed E-state index contributed by atoms with van der Waals surface area (Å²) in [7, 11) is 7.17. The highest BCUT2D eigenvalue weighted by Gasteiger charge is 2.47.